The van der Waals surface area contributed by atoms with Crippen LogP contribution < -0.4 is 5.32 Å². The summed E-state index contributed by atoms with van der Waals surface area (Å²) in [6.07, 6.45) is 0. The molecule has 5 nitrogen and oxygen atoms in total. The average Bonchev–Trinajstić information content (AvgIpc) is 2.45. The van der Waals surface area contributed by atoms with Crippen LogP contribution in [-0.2, 0) is 11.3 Å². The Bertz CT molecular complexity index is 575. The fourth-order valence-electron chi connectivity index (χ4n) is 1.51. The van der Waals surface area contributed by atoms with Crippen molar-refractivity contribution in [3.05, 3.63) is 52.9 Å². The van der Waals surface area contributed by atoms with E-state index in [9.17, 15) is 4.79 Å². The van der Waals surface area contributed by atoms with Crippen molar-refractivity contribution in [3.63, 3.8) is 0 Å². The minimum atomic E-state index is -0.549. The number of benzene rings is 1. The van der Waals surface area contributed by atoms with Gasteiger partial charge < -0.3 is 10.1 Å². The van der Waals surface area contributed by atoms with E-state index < -0.39 is 5.97 Å². The standard InChI is InChI=1S/C13H12ClN3O2/c1-19-12(18)10-7-11(17-13(14)16-10)15-8-9-5-3-2-4-6-9/h2-7H,8H2,1H3,(H,15,16,17). The first kappa shape index (κ1) is 13.3. The molecule has 0 aliphatic heterocycles. The first-order valence-corrected chi connectivity index (χ1v) is 5.97. The molecule has 0 bridgehead atoms. The van der Waals surface area contributed by atoms with Crippen molar-refractivity contribution in [3.8, 4) is 0 Å². The number of rotatable bonds is 4. The Balaban J connectivity index is 2.12. The number of methoxy groups -OCH3 is 1. The number of nitrogens with one attached hydrogen (secondary N) is 1. The van der Waals surface area contributed by atoms with Crippen LogP contribution in [-0.4, -0.2) is 23.0 Å². The van der Waals surface area contributed by atoms with Crippen molar-refractivity contribution >= 4 is 23.4 Å². The van der Waals surface area contributed by atoms with Crippen LogP contribution in [0, 0.1) is 0 Å². The molecule has 0 aliphatic carbocycles. The number of halogens is 1. The van der Waals surface area contributed by atoms with Crippen LogP contribution in [0.4, 0.5) is 5.82 Å². The molecule has 0 radical (unpaired) electrons. The summed E-state index contributed by atoms with van der Waals surface area (Å²) in [7, 11) is 1.29. The molecule has 0 saturated heterocycles. The third-order valence-electron chi connectivity index (χ3n) is 2.41. The van der Waals surface area contributed by atoms with Gasteiger partial charge in [0.05, 0.1) is 7.11 Å². The maximum absolute atomic E-state index is 11.4. The van der Waals surface area contributed by atoms with Crippen molar-refractivity contribution < 1.29 is 9.53 Å². The van der Waals surface area contributed by atoms with Crippen molar-refractivity contribution in [1.29, 1.82) is 0 Å². The van der Waals surface area contributed by atoms with Gasteiger partial charge in [-0.3, -0.25) is 0 Å². The normalized spacial score (nSPS) is 10.0. The molecule has 1 N–H and O–H groups in total. The van der Waals surface area contributed by atoms with Gasteiger partial charge >= 0.3 is 5.97 Å². The van der Waals surface area contributed by atoms with Gasteiger partial charge in [0.1, 0.15) is 5.82 Å². The number of carbonyl (C=O) groups excluding carboxylic acids is 1. The molecule has 2 aromatic rings. The number of anilines is 1. The average molecular weight is 278 g/mol. The van der Waals surface area contributed by atoms with E-state index >= 15 is 0 Å². The molecule has 0 unspecified atom stereocenters. The van der Waals surface area contributed by atoms with E-state index in [1.807, 2.05) is 30.3 Å². The zero-order valence-corrected chi connectivity index (χ0v) is 11.0. The van der Waals surface area contributed by atoms with Crippen LogP contribution in [0.25, 0.3) is 0 Å². The lowest BCUT2D eigenvalue weighted by molar-refractivity contribution is 0.0594. The third kappa shape index (κ3) is 3.66. The maximum atomic E-state index is 11.4. The van der Waals surface area contributed by atoms with Crippen molar-refractivity contribution in [2.24, 2.45) is 0 Å². The van der Waals surface area contributed by atoms with E-state index in [2.05, 4.69) is 20.0 Å². The van der Waals surface area contributed by atoms with E-state index in [0.717, 1.165) is 5.56 Å². The lowest BCUT2D eigenvalue weighted by Gasteiger charge is -2.07. The van der Waals surface area contributed by atoms with Crippen LogP contribution in [0.2, 0.25) is 5.28 Å². The Labute approximate surface area is 115 Å². The Morgan fingerprint density at radius 3 is 2.74 bits per heavy atom. The SMILES string of the molecule is COC(=O)c1cc(NCc2ccccc2)nc(Cl)n1. The molecular weight excluding hydrogens is 266 g/mol. The highest BCUT2D eigenvalue weighted by Crippen LogP contribution is 2.12. The highest BCUT2D eigenvalue weighted by atomic mass is 35.5. The van der Waals surface area contributed by atoms with Gasteiger partial charge in [0.2, 0.25) is 5.28 Å². The predicted molar refractivity (Wildman–Crippen MR) is 72.2 cm³/mol. The lowest BCUT2D eigenvalue weighted by Crippen LogP contribution is -2.08. The molecule has 1 heterocycles. The van der Waals surface area contributed by atoms with Gasteiger partial charge in [0.25, 0.3) is 0 Å². The quantitative estimate of drug-likeness (QED) is 0.687. The van der Waals surface area contributed by atoms with E-state index in [1.165, 1.54) is 13.2 Å². The summed E-state index contributed by atoms with van der Waals surface area (Å²) in [5.74, 6) is -0.0729. The first-order valence-electron chi connectivity index (χ1n) is 5.60. The van der Waals surface area contributed by atoms with Crippen LogP contribution in [0.15, 0.2) is 36.4 Å². The zero-order chi connectivity index (χ0) is 13.7. The summed E-state index contributed by atoms with van der Waals surface area (Å²) < 4.78 is 4.59. The van der Waals surface area contributed by atoms with Gasteiger partial charge in [0.15, 0.2) is 5.69 Å². The van der Waals surface area contributed by atoms with Gasteiger partial charge in [-0.2, -0.15) is 0 Å². The molecule has 0 spiro atoms. The van der Waals surface area contributed by atoms with Crippen LogP contribution >= 0.6 is 11.6 Å². The number of hydrogen-bond donors (Lipinski definition) is 1. The molecule has 0 fully saturated rings. The summed E-state index contributed by atoms with van der Waals surface area (Å²) in [5.41, 5.74) is 1.22. The zero-order valence-electron chi connectivity index (χ0n) is 10.3. The molecule has 0 saturated carbocycles. The predicted octanol–water partition coefficient (Wildman–Crippen LogP) is 2.53. The molecule has 2 rings (SSSR count). The first-order chi connectivity index (χ1) is 9.19. The molecular formula is C13H12ClN3O2. The number of ether oxygens (including phenoxy) is 1. The highest BCUT2D eigenvalue weighted by molar-refractivity contribution is 6.28. The molecule has 0 amide bonds. The van der Waals surface area contributed by atoms with Crippen LogP contribution in [0.1, 0.15) is 16.1 Å². The minimum absolute atomic E-state index is 0.00142. The molecule has 0 aliphatic rings. The molecule has 1 aromatic carbocycles. The topological polar surface area (TPSA) is 64.1 Å². The lowest BCUT2D eigenvalue weighted by atomic mass is 10.2. The van der Waals surface area contributed by atoms with E-state index in [-0.39, 0.29) is 11.0 Å². The van der Waals surface area contributed by atoms with Crippen molar-refractivity contribution in [2.75, 3.05) is 12.4 Å². The molecule has 98 valence electrons. The fraction of sp³-hybridized carbons (Fsp3) is 0.154. The monoisotopic (exact) mass is 277 g/mol. The largest absolute Gasteiger partial charge is 0.464 e. The maximum Gasteiger partial charge on any atom is 0.356 e. The van der Waals surface area contributed by atoms with Crippen LogP contribution in [0.3, 0.4) is 0 Å². The van der Waals surface area contributed by atoms with Crippen molar-refractivity contribution in [1.82, 2.24) is 9.97 Å². The Kier molecular flexibility index (Phi) is 4.30. The van der Waals surface area contributed by atoms with Gasteiger partial charge in [0, 0.05) is 12.6 Å². The minimum Gasteiger partial charge on any atom is -0.464 e. The highest BCUT2D eigenvalue weighted by Gasteiger charge is 2.10. The molecule has 0 atom stereocenters. The van der Waals surface area contributed by atoms with Crippen molar-refractivity contribution in [2.45, 2.75) is 6.54 Å². The summed E-state index contributed by atoms with van der Waals surface area (Å²) in [6.45, 7) is 0.578. The van der Waals surface area contributed by atoms with Gasteiger partial charge in [-0.1, -0.05) is 30.3 Å². The Morgan fingerprint density at radius 2 is 2.05 bits per heavy atom. The summed E-state index contributed by atoms with van der Waals surface area (Å²) in [5, 5.41) is 3.08. The van der Waals surface area contributed by atoms with Gasteiger partial charge in [-0.15, -0.1) is 0 Å². The third-order valence-corrected chi connectivity index (χ3v) is 2.58. The van der Waals surface area contributed by atoms with E-state index in [4.69, 9.17) is 11.6 Å². The Morgan fingerprint density at radius 1 is 1.32 bits per heavy atom. The van der Waals surface area contributed by atoms with E-state index in [0.29, 0.717) is 12.4 Å². The second kappa shape index (κ2) is 6.15. The fourth-order valence-corrected chi connectivity index (χ4v) is 1.69. The molecule has 19 heavy (non-hydrogen) atoms. The number of carbonyl (C=O) groups is 1. The van der Waals surface area contributed by atoms with Gasteiger partial charge in [-0.25, -0.2) is 14.8 Å². The second-order valence-corrected chi connectivity index (χ2v) is 4.08. The number of nitrogens with zero attached hydrogens (tertiary/aromatic N) is 2. The summed E-state index contributed by atoms with van der Waals surface area (Å²) >= 11 is 5.76. The number of aromatic nitrogens is 2. The number of hydrogen-bond acceptors (Lipinski definition) is 5. The summed E-state index contributed by atoms with van der Waals surface area (Å²) in [6, 6.07) is 11.3. The Hall–Kier alpha value is -2.14. The summed E-state index contributed by atoms with van der Waals surface area (Å²) in [4.78, 5) is 19.2. The molecule has 1 aromatic heterocycles. The molecule has 6 heteroatoms. The van der Waals surface area contributed by atoms with E-state index in [1.54, 1.807) is 0 Å². The van der Waals surface area contributed by atoms with Crippen LogP contribution in [0.5, 0.6) is 0 Å². The number of esters is 1. The van der Waals surface area contributed by atoms with Gasteiger partial charge in [-0.05, 0) is 17.2 Å². The second-order valence-electron chi connectivity index (χ2n) is 3.74. The smallest absolute Gasteiger partial charge is 0.356 e.